The molecule has 0 aromatic heterocycles. The summed E-state index contributed by atoms with van der Waals surface area (Å²) >= 11 is 5.81. The van der Waals surface area contributed by atoms with Gasteiger partial charge in [0.05, 0.1) is 4.90 Å². The molecule has 0 heterocycles. The Labute approximate surface area is 122 Å². The summed E-state index contributed by atoms with van der Waals surface area (Å²) in [6.45, 7) is 0. The summed E-state index contributed by atoms with van der Waals surface area (Å²) in [6, 6.07) is 13.8. The van der Waals surface area contributed by atoms with Gasteiger partial charge in [0.15, 0.2) is 0 Å². The lowest BCUT2D eigenvalue weighted by molar-refractivity contribution is -0.108. The van der Waals surface area contributed by atoms with E-state index in [0.29, 0.717) is 11.4 Å². The van der Waals surface area contributed by atoms with Crippen LogP contribution in [0.25, 0.3) is 0 Å². The molecule has 20 heavy (non-hydrogen) atoms. The van der Waals surface area contributed by atoms with Crippen LogP contribution in [0.4, 0.5) is 0 Å². The summed E-state index contributed by atoms with van der Waals surface area (Å²) in [5.74, 6) is 0. The smallest absolute Gasteiger partial charge is 0.263 e. The third-order valence-corrected chi connectivity index (χ3v) is 4.31. The molecule has 1 amide bonds. The number of hydrogen-bond donors (Lipinski definition) is 1. The number of amides is 1. The van der Waals surface area contributed by atoms with Gasteiger partial charge in [0, 0.05) is 5.02 Å². The van der Waals surface area contributed by atoms with Crippen molar-refractivity contribution in [2.45, 2.75) is 11.3 Å². The van der Waals surface area contributed by atoms with Crippen LogP contribution in [0.1, 0.15) is 11.1 Å². The van der Waals surface area contributed by atoms with Gasteiger partial charge in [-0.05, 0) is 41.8 Å². The third kappa shape index (κ3) is 3.59. The van der Waals surface area contributed by atoms with E-state index in [1.54, 1.807) is 16.9 Å². The summed E-state index contributed by atoms with van der Waals surface area (Å²) in [4.78, 5) is 10.3. The molecule has 0 aliphatic rings. The van der Waals surface area contributed by atoms with E-state index in [-0.39, 0.29) is 11.3 Å². The van der Waals surface area contributed by atoms with Crippen molar-refractivity contribution in [1.82, 2.24) is 4.72 Å². The summed E-state index contributed by atoms with van der Waals surface area (Å²) in [5, 5.41) is 0.676. The lowest BCUT2D eigenvalue weighted by Gasteiger charge is -2.05. The van der Waals surface area contributed by atoms with Gasteiger partial charge in [-0.15, -0.1) is 0 Å². The Morgan fingerprint density at radius 2 is 1.45 bits per heavy atom. The molecule has 2 aromatic carbocycles. The SMILES string of the molecule is O=CNS(=O)(=O)c1ccc(Cc2ccc(Cl)cc2)cc1. The first-order valence-electron chi connectivity index (χ1n) is 5.80. The van der Waals surface area contributed by atoms with Crippen LogP contribution in [0.5, 0.6) is 0 Å². The summed E-state index contributed by atoms with van der Waals surface area (Å²) in [7, 11) is -3.74. The highest BCUT2D eigenvalue weighted by atomic mass is 35.5. The molecule has 4 nitrogen and oxygen atoms in total. The largest absolute Gasteiger partial charge is 0.278 e. The van der Waals surface area contributed by atoms with Gasteiger partial charge >= 0.3 is 0 Å². The summed E-state index contributed by atoms with van der Waals surface area (Å²) < 4.78 is 25.0. The molecular weight excluding hydrogens is 298 g/mol. The molecule has 0 unspecified atom stereocenters. The molecule has 0 bridgehead atoms. The summed E-state index contributed by atoms with van der Waals surface area (Å²) in [6.07, 6.45) is 0.829. The van der Waals surface area contributed by atoms with Crippen molar-refractivity contribution < 1.29 is 13.2 Å². The number of halogens is 1. The van der Waals surface area contributed by atoms with Gasteiger partial charge in [-0.25, -0.2) is 8.42 Å². The highest BCUT2D eigenvalue weighted by Gasteiger charge is 2.12. The van der Waals surface area contributed by atoms with Crippen molar-refractivity contribution in [2.24, 2.45) is 0 Å². The Morgan fingerprint density at radius 3 is 1.95 bits per heavy atom. The van der Waals surface area contributed by atoms with Crippen molar-refractivity contribution in [3.05, 3.63) is 64.7 Å². The van der Waals surface area contributed by atoms with Crippen molar-refractivity contribution in [3.63, 3.8) is 0 Å². The van der Waals surface area contributed by atoms with Crippen LogP contribution >= 0.6 is 11.6 Å². The van der Waals surface area contributed by atoms with Gasteiger partial charge in [-0.2, -0.15) is 0 Å². The van der Waals surface area contributed by atoms with Crippen LogP contribution in [-0.2, 0) is 21.2 Å². The van der Waals surface area contributed by atoms with Crippen molar-refractivity contribution in [1.29, 1.82) is 0 Å². The second-order valence-electron chi connectivity index (χ2n) is 4.19. The predicted molar refractivity (Wildman–Crippen MR) is 77.1 cm³/mol. The topological polar surface area (TPSA) is 63.2 Å². The molecule has 0 saturated heterocycles. The molecule has 1 N–H and O–H groups in total. The number of hydrogen-bond acceptors (Lipinski definition) is 3. The fourth-order valence-corrected chi connectivity index (χ4v) is 2.64. The van der Waals surface area contributed by atoms with Crippen LogP contribution in [0.2, 0.25) is 5.02 Å². The Balaban J connectivity index is 2.16. The van der Waals surface area contributed by atoms with E-state index in [1.807, 2.05) is 24.3 Å². The van der Waals surface area contributed by atoms with E-state index in [1.165, 1.54) is 12.1 Å². The van der Waals surface area contributed by atoms with Crippen LogP contribution in [0.15, 0.2) is 53.4 Å². The molecule has 0 radical (unpaired) electrons. The third-order valence-electron chi connectivity index (χ3n) is 2.76. The molecule has 6 heteroatoms. The van der Waals surface area contributed by atoms with E-state index in [0.717, 1.165) is 11.1 Å². The lowest BCUT2D eigenvalue weighted by atomic mass is 10.1. The fourth-order valence-electron chi connectivity index (χ4n) is 1.76. The number of benzene rings is 2. The molecule has 2 rings (SSSR count). The van der Waals surface area contributed by atoms with Crippen molar-refractivity contribution in [2.75, 3.05) is 0 Å². The minimum atomic E-state index is -3.74. The van der Waals surface area contributed by atoms with Crippen LogP contribution in [-0.4, -0.2) is 14.8 Å². The maximum absolute atomic E-state index is 11.6. The first-order chi connectivity index (χ1) is 9.51. The van der Waals surface area contributed by atoms with Gasteiger partial charge < -0.3 is 0 Å². The van der Waals surface area contributed by atoms with Crippen LogP contribution < -0.4 is 4.72 Å². The van der Waals surface area contributed by atoms with E-state index < -0.39 is 10.0 Å². The lowest BCUT2D eigenvalue weighted by Crippen LogP contribution is -2.21. The number of sulfonamides is 1. The molecule has 0 aliphatic heterocycles. The summed E-state index contributed by atoms with van der Waals surface area (Å²) in [5.41, 5.74) is 2.05. The Bertz CT molecular complexity index is 694. The Kier molecular flexibility index (Phi) is 4.42. The zero-order valence-electron chi connectivity index (χ0n) is 10.4. The van der Waals surface area contributed by atoms with Gasteiger partial charge in [-0.1, -0.05) is 35.9 Å². The average molecular weight is 310 g/mol. The first-order valence-corrected chi connectivity index (χ1v) is 7.67. The van der Waals surface area contributed by atoms with Gasteiger partial charge in [-0.3, -0.25) is 9.52 Å². The van der Waals surface area contributed by atoms with E-state index in [9.17, 15) is 13.2 Å². The zero-order valence-corrected chi connectivity index (χ0v) is 12.0. The Hall–Kier alpha value is -1.85. The second-order valence-corrected chi connectivity index (χ2v) is 6.34. The number of nitrogens with one attached hydrogen (secondary N) is 1. The fraction of sp³-hybridized carbons (Fsp3) is 0.0714. The number of rotatable bonds is 5. The second kappa shape index (κ2) is 6.07. The molecule has 0 saturated carbocycles. The molecular formula is C14H12ClNO3S. The highest BCUT2D eigenvalue weighted by Crippen LogP contribution is 2.15. The van der Waals surface area contributed by atoms with Crippen LogP contribution in [0.3, 0.4) is 0 Å². The molecule has 104 valence electrons. The molecule has 2 aromatic rings. The zero-order chi connectivity index (χ0) is 14.6. The molecule has 0 atom stereocenters. The molecule has 0 aliphatic carbocycles. The average Bonchev–Trinajstić information content (AvgIpc) is 2.42. The highest BCUT2D eigenvalue weighted by molar-refractivity contribution is 7.90. The van der Waals surface area contributed by atoms with E-state index in [4.69, 9.17) is 11.6 Å². The van der Waals surface area contributed by atoms with Gasteiger partial charge in [0.1, 0.15) is 0 Å². The standard InChI is InChI=1S/C14H12ClNO3S/c15-13-5-1-11(2-6-13)9-12-3-7-14(8-4-12)20(18,19)16-10-17/h1-8,10H,9H2,(H,16,17). The number of carbonyl (C=O) groups is 1. The minimum absolute atomic E-state index is 0.0597. The normalized spacial score (nSPS) is 11.1. The Morgan fingerprint density at radius 1 is 0.950 bits per heavy atom. The predicted octanol–water partition coefficient (Wildman–Crippen LogP) is 2.37. The first kappa shape index (κ1) is 14.6. The molecule has 0 spiro atoms. The van der Waals surface area contributed by atoms with Crippen molar-refractivity contribution >= 4 is 28.0 Å². The number of carbonyl (C=O) groups excluding carboxylic acids is 1. The minimum Gasteiger partial charge on any atom is -0.278 e. The maximum Gasteiger partial charge on any atom is 0.263 e. The van der Waals surface area contributed by atoms with Crippen molar-refractivity contribution in [3.8, 4) is 0 Å². The quantitative estimate of drug-likeness (QED) is 0.862. The van der Waals surface area contributed by atoms with E-state index >= 15 is 0 Å². The van der Waals surface area contributed by atoms with E-state index in [2.05, 4.69) is 0 Å². The maximum atomic E-state index is 11.6. The van der Waals surface area contributed by atoms with Crippen LogP contribution in [0, 0.1) is 0 Å². The monoisotopic (exact) mass is 309 g/mol. The molecule has 0 fully saturated rings. The van der Waals surface area contributed by atoms with Gasteiger partial charge in [0.25, 0.3) is 10.0 Å². The van der Waals surface area contributed by atoms with Gasteiger partial charge in [0.2, 0.25) is 6.41 Å².